The molecule has 140 valence electrons. The van der Waals surface area contributed by atoms with Crippen molar-refractivity contribution in [1.82, 2.24) is 0 Å². The Morgan fingerprint density at radius 1 is 0.708 bits per heavy atom. The van der Waals surface area contributed by atoms with Gasteiger partial charge in [0.1, 0.15) is 0 Å². The molecule has 0 unspecified atom stereocenters. The quantitative estimate of drug-likeness (QED) is 0.136. The van der Waals surface area contributed by atoms with Crippen molar-refractivity contribution in [3.63, 3.8) is 0 Å². The molecule has 0 aliphatic carbocycles. The second-order valence-corrected chi connectivity index (χ2v) is 6.91. The molecule has 0 amide bonds. The van der Waals surface area contributed by atoms with E-state index in [0.717, 1.165) is 19.3 Å². The van der Waals surface area contributed by atoms with E-state index in [1.54, 1.807) is 0 Å². The van der Waals surface area contributed by atoms with Gasteiger partial charge in [-0.1, -0.05) is 103 Å². The Kier molecular flexibility index (Phi) is 17.3. The molecular weight excluding hydrogens is 300 g/mol. The predicted octanol–water partition coefficient (Wildman–Crippen LogP) is 6.39. The van der Waals surface area contributed by atoms with Gasteiger partial charge in [0.2, 0.25) is 0 Å². The van der Waals surface area contributed by atoms with E-state index in [1.165, 1.54) is 83.5 Å². The molecule has 1 N–H and O–H groups in total. The highest BCUT2D eigenvalue weighted by Gasteiger charge is 2.16. The highest BCUT2D eigenvalue weighted by atomic mass is 16.4. The number of carbonyl (C=O) groups is 1. The summed E-state index contributed by atoms with van der Waals surface area (Å²) < 4.78 is 0. The summed E-state index contributed by atoms with van der Waals surface area (Å²) >= 11 is 0. The smallest absolute Gasteiger partial charge is 0.414 e. The third-order valence-corrected chi connectivity index (χ3v) is 4.63. The summed E-state index contributed by atoms with van der Waals surface area (Å²) in [7, 11) is 0. The van der Waals surface area contributed by atoms with Gasteiger partial charge in [0, 0.05) is 0 Å². The van der Waals surface area contributed by atoms with E-state index >= 15 is 0 Å². The van der Waals surface area contributed by atoms with Crippen LogP contribution in [0.4, 0.5) is 0 Å². The van der Waals surface area contributed by atoms with E-state index in [4.69, 9.17) is 10.6 Å². The first kappa shape index (κ1) is 22.9. The molecule has 0 aromatic carbocycles. The van der Waals surface area contributed by atoms with Crippen LogP contribution in [0.3, 0.4) is 0 Å². The fourth-order valence-corrected chi connectivity index (χ4v) is 3.04. The lowest BCUT2D eigenvalue weighted by Crippen LogP contribution is -2.13. The summed E-state index contributed by atoms with van der Waals surface area (Å²) in [6.45, 7) is 2.27. The van der Waals surface area contributed by atoms with Gasteiger partial charge in [-0.2, -0.15) is 4.79 Å². The number of unbranched alkanes of at least 4 members (excludes halogenated alkanes) is 15. The Morgan fingerprint density at radius 3 is 1.33 bits per heavy atom. The Balaban J connectivity index is 3.15. The van der Waals surface area contributed by atoms with Crippen molar-refractivity contribution in [3.8, 4) is 0 Å². The fraction of sp³-hybridized carbons (Fsp3) is 0.900. The van der Waals surface area contributed by atoms with Gasteiger partial charge in [-0.25, -0.2) is 4.79 Å². The number of hydrogen-bond donors (Lipinski definition) is 1. The standard InChI is InChI=1S/C20H38N2O2/c1-2-3-4-5-6-7-8-9-10-11-12-13-14-15-16-17-18-19(22-21)20(23)24/h2-18H2,1H3,(H,23,24). The summed E-state index contributed by atoms with van der Waals surface area (Å²) in [5, 5.41) is 8.71. The van der Waals surface area contributed by atoms with Gasteiger partial charge in [-0.05, 0) is 6.42 Å². The van der Waals surface area contributed by atoms with Crippen molar-refractivity contribution in [2.24, 2.45) is 0 Å². The lowest BCUT2D eigenvalue weighted by molar-refractivity contribution is -0.134. The number of rotatable bonds is 18. The molecule has 0 aliphatic rings. The first-order chi connectivity index (χ1) is 11.7. The SMILES string of the molecule is CCCCCCCCCCCCCCCCCCC(=[N+]=[N-])C(=O)O. The molecule has 0 saturated carbocycles. The summed E-state index contributed by atoms with van der Waals surface area (Å²) in [4.78, 5) is 13.4. The molecule has 0 bridgehead atoms. The average Bonchev–Trinajstić information content (AvgIpc) is 2.57. The Hall–Kier alpha value is -1.15. The summed E-state index contributed by atoms with van der Waals surface area (Å²) in [5.41, 5.74) is 8.40. The Bertz CT molecular complexity index is 350. The zero-order valence-corrected chi connectivity index (χ0v) is 15.8. The van der Waals surface area contributed by atoms with E-state index in [-0.39, 0.29) is 5.71 Å². The molecule has 4 heteroatoms. The van der Waals surface area contributed by atoms with Crippen LogP contribution in [-0.4, -0.2) is 21.6 Å². The minimum Gasteiger partial charge on any atom is -0.473 e. The maximum absolute atomic E-state index is 10.6. The fourth-order valence-electron chi connectivity index (χ4n) is 3.04. The minimum atomic E-state index is -1.11. The van der Waals surface area contributed by atoms with Gasteiger partial charge >= 0.3 is 11.7 Å². The third kappa shape index (κ3) is 15.7. The van der Waals surface area contributed by atoms with Crippen LogP contribution in [0, 0.1) is 0 Å². The van der Waals surface area contributed by atoms with Crippen molar-refractivity contribution in [2.45, 2.75) is 116 Å². The Morgan fingerprint density at radius 2 is 1.04 bits per heavy atom. The van der Waals surface area contributed by atoms with E-state index in [2.05, 4.69) is 11.7 Å². The molecular formula is C20H38N2O2. The van der Waals surface area contributed by atoms with E-state index in [1.807, 2.05) is 0 Å². The molecule has 0 fully saturated rings. The van der Waals surface area contributed by atoms with Crippen molar-refractivity contribution in [2.75, 3.05) is 0 Å². The van der Waals surface area contributed by atoms with Crippen molar-refractivity contribution >= 4 is 11.7 Å². The van der Waals surface area contributed by atoms with Crippen LogP contribution in [-0.2, 0) is 4.79 Å². The van der Waals surface area contributed by atoms with Gasteiger partial charge in [-0.15, -0.1) is 0 Å². The molecule has 0 aliphatic heterocycles. The molecule has 0 atom stereocenters. The van der Waals surface area contributed by atoms with Crippen LogP contribution < -0.4 is 0 Å². The number of hydrogen-bond acceptors (Lipinski definition) is 1. The highest BCUT2D eigenvalue weighted by molar-refractivity contribution is 6.32. The Labute approximate surface area is 148 Å². The normalized spacial score (nSPS) is 10.5. The van der Waals surface area contributed by atoms with Crippen LogP contribution in [0.25, 0.3) is 5.53 Å². The van der Waals surface area contributed by atoms with Gasteiger partial charge in [0.15, 0.2) is 0 Å². The molecule has 24 heavy (non-hydrogen) atoms. The zero-order chi connectivity index (χ0) is 17.9. The maximum Gasteiger partial charge on any atom is 0.414 e. The number of nitrogens with zero attached hydrogens (tertiary/aromatic N) is 2. The first-order valence-corrected chi connectivity index (χ1v) is 10.2. The number of carboxylic acids is 1. The van der Waals surface area contributed by atoms with E-state index in [0.29, 0.717) is 6.42 Å². The summed E-state index contributed by atoms with van der Waals surface area (Å²) in [5.74, 6) is -1.11. The zero-order valence-electron chi connectivity index (χ0n) is 15.8. The molecule has 0 aromatic rings. The van der Waals surface area contributed by atoms with Crippen LogP contribution in [0.5, 0.6) is 0 Å². The second kappa shape index (κ2) is 18.2. The predicted molar refractivity (Wildman–Crippen MR) is 100 cm³/mol. The van der Waals surface area contributed by atoms with Gasteiger partial charge in [-0.3, -0.25) is 0 Å². The number of carboxylic acid groups (broad SMARTS) is 1. The molecule has 4 nitrogen and oxygen atoms in total. The lowest BCUT2D eigenvalue weighted by atomic mass is 10.0. The molecule has 0 saturated heterocycles. The topological polar surface area (TPSA) is 73.7 Å². The van der Waals surface area contributed by atoms with Gasteiger partial charge in [0.05, 0.1) is 6.42 Å². The second-order valence-electron chi connectivity index (χ2n) is 6.91. The van der Waals surface area contributed by atoms with Crippen LogP contribution in [0.2, 0.25) is 0 Å². The minimum absolute atomic E-state index is 0.125. The van der Waals surface area contributed by atoms with Crippen molar-refractivity contribution in [3.05, 3.63) is 5.53 Å². The van der Waals surface area contributed by atoms with Gasteiger partial charge < -0.3 is 10.6 Å². The molecule has 0 rings (SSSR count). The van der Waals surface area contributed by atoms with Crippen LogP contribution >= 0.6 is 0 Å². The average molecular weight is 339 g/mol. The molecule has 0 heterocycles. The van der Waals surface area contributed by atoms with Crippen LogP contribution in [0.15, 0.2) is 0 Å². The first-order valence-electron chi connectivity index (χ1n) is 10.2. The largest absolute Gasteiger partial charge is 0.473 e. The van der Waals surface area contributed by atoms with E-state index < -0.39 is 5.97 Å². The summed E-state index contributed by atoms with van der Waals surface area (Å²) in [6, 6.07) is 0. The third-order valence-electron chi connectivity index (χ3n) is 4.63. The molecule has 0 aromatic heterocycles. The maximum atomic E-state index is 10.6. The molecule has 0 spiro atoms. The monoisotopic (exact) mass is 338 g/mol. The number of aliphatic carboxylic acids is 1. The molecule has 0 radical (unpaired) electrons. The van der Waals surface area contributed by atoms with Crippen LogP contribution in [0.1, 0.15) is 116 Å². The van der Waals surface area contributed by atoms with Crippen molar-refractivity contribution in [1.29, 1.82) is 0 Å². The van der Waals surface area contributed by atoms with E-state index in [9.17, 15) is 4.79 Å². The summed E-state index contributed by atoms with van der Waals surface area (Å²) in [6.07, 6.45) is 21.1. The van der Waals surface area contributed by atoms with Crippen molar-refractivity contribution < 1.29 is 14.7 Å². The lowest BCUT2D eigenvalue weighted by Gasteiger charge is -2.03. The van der Waals surface area contributed by atoms with Gasteiger partial charge in [0.25, 0.3) is 0 Å². The highest BCUT2D eigenvalue weighted by Crippen LogP contribution is 2.14.